The molecular weight excluding hydrogens is 384 g/mol. The van der Waals surface area contributed by atoms with Crippen LogP contribution >= 0.6 is 0 Å². The van der Waals surface area contributed by atoms with Gasteiger partial charge < -0.3 is 9.64 Å². The molecule has 0 aromatic heterocycles. The summed E-state index contributed by atoms with van der Waals surface area (Å²) in [6, 6.07) is 12.1. The van der Waals surface area contributed by atoms with Crippen molar-refractivity contribution >= 4 is 35.1 Å². The molecule has 2 saturated heterocycles. The summed E-state index contributed by atoms with van der Waals surface area (Å²) >= 11 is 0. The molecule has 154 valence electrons. The molecule has 7 nitrogen and oxygen atoms in total. The van der Waals surface area contributed by atoms with Crippen molar-refractivity contribution < 1.29 is 23.9 Å². The average Bonchev–Trinajstić information content (AvgIpc) is 3.25. The zero-order valence-corrected chi connectivity index (χ0v) is 16.9. The fourth-order valence-electron chi connectivity index (χ4n) is 4.04. The van der Waals surface area contributed by atoms with E-state index in [0.717, 1.165) is 21.7 Å². The Morgan fingerprint density at radius 1 is 0.900 bits per heavy atom. The van der Waals surface area contributed by atoms with Crippen LogP contribution in [-0.2, 0) is 19.2 Å². The second-order valence-electron chi connectivity index (χ2n) is 7.68. The van der Waals surface area contributed by atoms with Crippen LogP contribution in [0.25, 0.3) is 0 Å². The van der Waals surface area contributed by atoms with E-state index < -0.39 is 11.9 Å². The van der Waals surface area contributed by atoms with Gasteiger partial charge in [-0.05, 0) is 49.2 Å². The van der Waals surface area contributed by atoms with E-state index in [0.29, 0.717) is 11.4 Å². The fraction of sp³-hybridized carbons (Fsp3) is 0.304. The molecule has 2 aromatic carbocycles. The highest BCUT2D eigenvalue weighted by molar-refractivity contribution is 6.19. The summed E-state index contributed by atoms with van der Waals surface area (Å²) in [5.74, 6) is -1.30. The van der Waals surface area contributed by atoms with Crippen LogP contribution in [0.5, 0.6) is 5.75 Å². The van der Waals surface area contributed by atoms with Crippen LogP contribution in [0.1, 0.15) is 30.4 Å². The highest BCUT2D eigenvalue weighted by Gasteiger charge is 2.37. The minimum absolute atomic E-state index is 0.0987. The van der Waals surface area contributed by atoms with Crippen LogP contribution in [0.3, 0.4) is 0 Å². The zero-order chi connectivity index (χ0) is 21.4. The number of nitrogens with zero attached hydrogens (tertiary/aromatic N) is 2. The summed E-state index contributed by atoms with van der Waals surface area (Å²) in [6.45, 7) is 4.16. The number of amides is 3. The SMILES string of the molecule is Cc1cccc(C)c1N1C[C@H](C(=O)Oc2ccc(N3C(=O)CCC3=O)cc2)CC1=O. The second kappa shape index (κ2) is 7.74. The van der Waals surface area contributed by atoms with E-state index in [4.69, 9.17) is 4.74 Å². The van der Waals surface area contributed by atoms with Gasteiger partial charge in [-0.2, -0.15) is 0 Å². The molecular formula is C23H22N2O5. The third kappa shape index (κ3) is 3.58. The first kappa shape index (κ1) is 19.8. The Labute approximate surface area is 174 Å². The zero-order valence-electron chi connectivity index (χ0n) is 16.9. The highest BCUT2D eigenvalue weighted by Crippen LogP contribution is 2.32. The van der Waals surface area contributed by atoms with Crippen LogP contribution in [0.4, 0.5) is 11.4 Å². The van der Waals surface area contributed by atoms with Gasteiger partial charge in [-0.15, -0.1) is 0 Å². The van der Waals surface area contributed by atoms with Crippen LogP contribution < -0.4 is 14.5 Å². The number of carbonyl (C=O) groups excluding carboxylic acids is 4. The molecule has 4 rings (SSSR count). The summed E-state index contributed by atoms with van der Waals surface area (Å²) in [5, 5.41) is 0. The van der Waals surface area contributed by atoms with Crippen molar-refractivity contribution in [3.63, 3.8) is 0 Å². The molecule has 30 heavy (non-hydrogen) atoms. The summed E-state index contributed by atoms with van der Waals surface area (Å²) in [6.07, 6.45) is 0.520. The van der Waals surface area contributed by atoms with E-state index in [2.05, 4.69) is 0 Å². The maximum absolute atomic E-state index is 12.6. The van der Waals surface area contributed by atoms with Gasteiger partial charge in [0, 0.05) is 31.5 Å². The molecule has 0 saturated carbocycles. The van der Waals surface area contributed by atoms with Gasteiger partial charge in [-0.25, -0.2) is 0 Å². The van der Waals surface area contributed by atoms with Crippen molar-refractivity contribution in [2.45, 2.75) is 33.1 Å². The van der Waals surface area contributed by atoms with E-state index in [1.54, 1.807) is 29.2 Å². The number of rotatable bonds is 4. The molecule has 0 radical (unpaired) electrons. The predicted octanol–water partition coefficient (Wildman–Crippen LogP) is 2.92. The number of benzene rings is 2. The summed E-state index contributed by atoms with van der Waals surface area (Å²) in [5.41, 5.74) is 3.28. The molecule has 1 atom stereocenters. The Morgan fingerprint density at radius 3 is 2.10 bits per heavy atom. The van der Waals surface area contributed by atoms with Crippen molar-refractivity contribution in [1.29, 1.82) is 0 Å². The van der Waals surface area contributed by atoms with E-state index >= 15 is 0 Å². The van der Waals surface area contributed by atoms with Crippen molar-refractivity contribution in [1.82, 2.24) is 0 Å². The first-order valence-corrected chi connectivity index (χ1v) is 9.89. The minimum atomic E-state index is -0.557. The second-order valence-corrected chi connectivity index (χ2v) is 7.68. The number of hydrogen-bond acceptors (Lipinski definition) is 5. The lowest BCUT2D eigenvalue weighted by Crippen LogP contribution is -2.29. The van der Waals surface area contributed by atoms with Crippen molar-refractivity contribution in [3.8, 4) is 5.75 Å². The smallest absolute Gasteiger partial charge is 0.316 e. The third-order valence-electron chi connectivity index (χ3n) is 5.53. The van der Waals surface area contributed by atoms with E-state index in [1.165, 1.54) is 0 Å². The van der Waals surface area contributed by atoms with Gasteiger partial charge in [-0.3, -0.25) is 24.1 Å². The minimum Gasteiger partial charge on any atom is -0.426 e. The van der Waals surface area contributed by atoms with Crippen LogP contribution in [0, 0.1) is 19.8 Å². The van der Waals surface area contributed by atoms with Gasteiger partial charge in [0.15, 0.2) is 0 Å². The lowest BCUT2D eigenvalue weighted by Gasteiger charge is -2.21. The van der Waals surface area contributed by atoms with Crippen molar-refractivity contribution in [2.24, 2.45) is 5.92 Å². The fourth-order valence-corrected chi connectivity index (χ4v) is 4.04. The average molecular weight is 406 g/mol. The predicted molar refractivity (Wildman–Crippen MR) is 110 cm³/mol. The normalized spacial score (nSPS) is 19.0. The number of hydrogen-bond donors (Lipinski definition) is 0. The molecule has 2 heterocycles. The van der Waals surface area contributed by atoms with Crippen LogP contribution in [0.2, 0.25) is 0 Å². The van der Waals surface area contributed by atoms with Gasteiger partial charge in [0.25, 0.3) is 0 Å². The van der Waals surface area contributed by atoms with Crippen molar-refractivity contribution in [3.05, 3.63) is 53.6 Å². The molecule has 7 heteroatoms. The Bertz CT molecular complexity index is 1010. The molecule has 0 N–H and O–H groups in total. The standard InChI is InChI=1S/C23H22N2O5/c1-14-4-3-5-15(2)22(14)24-13-16(12-21(24)28)23(29)30-18-8-6-17(7-9-18)25-19(26)10-11-20(25)27/h3-9,16H,10-13H2,1-2H3/t16-/m1/s1. The first-order chi connectivity index (χ1) is 14.3. The first-order valence-electron chi connectivity index (χ1n) is 9.89. The van der Waals surface area contributed by atoms with E-state index in [1.807, 2.05) is 32.0 Å². The maximum Gasteiger partial charge on any atom is 0.316 e. The number of anilines is 2. The molecule has 0 spiro atoms. The third-order valence-corrected chi connectivity index (χ3v) is 5.53. The van der Waals surface area contributed by atoms with E-state index in [9.17, 15) is 19.2 Å². The number of carbonyl (C=O) groups is 4. The lowest BCUT2D eigenvalue weighted by molar-refractivity contribution is -0.139. The largest absolute Gasteiger partial charge is 0.426 e. The molecule has 2 aliphatic heterocycles. The Balaban J connectivity index is 1.44. The van der Waals surface area contributed by atoms with Crippen LogP contribution in [-0.4, -0.2) is 30.2 Å². The molecule has 0 unspecified atom stereocenters. The molecule has 2 aliphatic rings. The van der Waals surface area contributed by atoms with Gasteiger partial charge >= 0.3 is 5.97 Å². The maximum atomic E-state index is 12.6. The Hall–Kier alpha value is -3.48. The number of ether oxygens (including phenoxy) is 1. The van der Waals surface area contributed by atoms with Crippen LogP contribution in [0.15, 0.2) is 42.5 Å². The van der Waals surface area contributed by atoms with Gasteiger partial charge in [0.2, 0.25) is 17.7 Å². The molecule has 2 fully saturated rings. The summed E-state index contributed by atoms with van der Waals surface area (Å²) < 4.78 is 5.46. The number of aryl methyl sites for hydroxylation is 2. The number of para-hydroxylation sites is 1. The Kier molecular flexibility index (Phi) is 5.11. The van der Waals surface area contributed by atoms with Gasteiger partial charge in [0.05, 0.1) is 11.6 Å². The molecule has 0 bridgehead atoms. The van der Waals surface area contributed by atoms with Gasteiger partial charge in [-0.1, -0.05) is 18.2 Å². The number of imide groups is 1. The monoisotopic (exact) mass is 406 g/mol. The van der Waals surface area contributed by atoms with Gasteiger partial charge in [0.1, 0.15) is 5.75 Å². The summed E-state index contributed by atoms with van der Waals surface area (Å²) in [7, 11) is 0. The summed E-state index contributed by atoms with van der Waals surface area (Å²) in [4.78, 5) is 51.6. The van der Waals surface area contributed by atoms with Crippen molar-refractivity contribution in [2.75, 3.05) is 16.3 Å². The highest BCUT2D eigenvalue weighted by atomic mass is 16.5. The quantitative estimate of drug-likeness (QED) is 0.443. The number of esters is 1. The molecule has 2 aromatic rings. The molecule has 0 aliphatic carbocycles. The lowest BCUT2D eigenvalue weighted by atomic mass is 10.1. The molecule has 3 amide bonds. The Morgan fingerprint density at radius 2 is 1.50 bits per heavy atom. The topological polar surface area (TPSA) is 84.0 Å². The van der Waals surface area contributed by atoms with E-state index in [-0.39, 0.29) is 43.5 Å².